The number of methoxy groups -OCH3 is 1. The van der Waals surface area contributed by atoms with Gasteiger partial charge in [0.2, 0.25) is 0 Å². The van der Waals surface area contributed by atoms with Crippen molar-refractivity contribution in [3.8, 4) is 5.75 Å². The van der Waals surface area contributed by atoms with E-state index in [2.05, 4.69) is 22.9 Å². The molecule has 0 spiro atoms. The summed E-state index contributed by atoms with van der Waals surface area (Å²) in [5.74, 6) is 0.370. The predicted octanol–water partition coefficient (Wildman–Crippen LogP) is 5.06. The third kappa shape index (κ3) is 3.61. The van der Waals surface area contributed by atoms with Crippen LogP contribution >= 0.6 is 15.9 Å². The molecule has 1 atom stereocenters. The van der Waals surface area contributed by atoms with Crippen LogP contribution in [0.1, 0.15) is 38.2 Å². The monoisotopic (exact) mass is 364 g/mol. The lowest BCUT2D eigenvalue weighted by molar-refractivity contribution is -0.145. The Morgan fingerprint density at radius 2 is 2.05 bits per heavy atom. The summed E-state index contributed by atoms with van der Waals surface area (Å²) in [4.78, 5) is 12.1. The fraction of sp³-hybridized carbons (Fsp3) is 0.389. The minimum atomic E-state index is -0.262. The smallest absolute Gasteiger partial charge is 0.313 e. The van der Waals surface area contributed by atoms with Gasteiger partial charge in [-0.2, -0.15) is 0 Å². The van der Waals surface area contributed by atoms with Crippen molar-refractivity contribution in [1.29, 1.82) is 0 Å². The van der Waals surface area contributed by atoms with Crippen molar-refractivity contribution >= 4 is 32.7 Å². The van der Waals surface area contributed by atoms with Crippen LogP contribution in [0.4, 0.5) is 0 Å². The third-order valence-electron chi connectivity index (χ3n) is 3.76. The van der Waals surface area contributed by atoms with Crippen molar-refractivity contribution in [3.05, 3.63) is 40.4 Å². The van der Waals surface area contributed by atoms with Crippen molar-refractivity contribution < 1.29 is 14.3 Å². The van der Waals surface area contributed by atoms with Crippen molar-refractivity contribution in [2.45, 2.75) is 32.6 Å². The fourth-order valence-electron chi connectivity index (χ4n) is 2.30. The van der Waals surface area contributed by atoms with Crippen molar-refractivity contribution in [2.24, 2.45) is 0 Å². The molecule has 0 radical (unpaired) electrons. The van der Waals surface area contributed by atoms with Crippen LogP contribution in [0.5, 0.6) is 5.75 Å². The highest BCUT2D eigenvalue weighted by atomic mass is 79.9. The summed E-state index contributed by atoms with van der Waals surface area (Å²) in [7, 11) is 1.65. The minimum Gasteiger partial charge on any atom is -0.496 e. The number of hydrogen-bond acceptors (Lipinski definition) is 3. The summed E-state index contributed by atoms with van der Waals surface area (Å²) in [5, 5.41) is 2.13. The quantitative estimate of drug-likeness (QED) is 0.530. The molecule has 0 aliphatic heterocycles. The Morgan fingerprint density at radius 1 is 1.27 bits per heavy atom. The first-order chi connectivity index (χ1) is 10.6. The zero-order valence-corrected chi connectivity index (χ0v) is 14.8. The fourth-order valence-corrected chi connectivity index (χ4v) is 2.95. The first kappa shape index (κ1) is 16.8. The second-order valence-electron chi connectivity index (χ2n) is 5.31. The van der Waals surface area contributed by atoms with Gasteiger partial charge in [0.15, 0.2) is 0 Å². The molecule has 2 aromatic rings. The molecule has 0 aliphatic carbocycles. The van der Waals surface area contributed by atoms with Gasteiger partial charge in [-0.3, -0.25) is 4.79 Å². The zero-order chi connectivity index (χ0) is 16.1. The molecular weight excluding hydrogens is 344 g/mol. The molecule has 118 valence electrons. The van der Waals surface area contributed by atoms with E-state index in [1.165, 1.54) is 0 Å². The molecular formula is C18H21BrO3. The van der Waals surface area contributed by atoms with E-state index in [1.807, 2.05) is 37.3 Å². The van der Waals surface area contributed by atoms with E-state index in [0.29, 0.717) is 6.61 Å². The van der Waals surface area contributed by atoms with Crippen LogP contribution in [-0.4, -0.2) is 19.7 Å². The highest BCUT2D eigenvalue weighted by Gasteiger charge is 2.17. The van der Waals surface area contributed by atoms with Crippen LogP contribution in [0.15, 0.2) is 34.8 Å². The van der Waals surface area contributed by atoms with Crippen molar-refractivity contribution in [2.75, 3.05) is 13.7 Å². The van der Waals surface area contributed by atoms with E-state index in [9.17, 15) is 4.79 Å². The lowest BCUT2D eigenvalue weighted by Gasteiger charge is -2.13. The maximum absolute atomic E-state index is 12.1. The Bertz CT molecular complexity index is 667. The maximum Gasteiger partial charge on any atom is 0.313 e. The lowest BCUT2D eigenvalue weighted by atomic mass is 9.98. The van der Waals surface area contributed by atoms with Crippen LogP contribution in [0.3, 0.4) is 0 Å². The molecule has 22 heavy (non-hydrogen) atoms. The molecule has 0 amide bonds. The van der Waals surface area contributed by atoms with E-state index >= 15 is 0 Å². The van der Waals surface area contributed by atoms with E-state index < -0.39 is 0 Å². The molecule has 0 N–H and O–H groups in total. The van der Waals surface area contributed by atoms with Gasteiger partial charge in [-0.15, -0.1) is 0 Å². The van der Waals surface area contributed by atoms with Gasteiger partial charge in [0.05, 0.1) is 24.1 Å². The second kappa shape index (κ2) is 7.63. The molecule has 2 rings (SSSR count). The van der Waals surface area contributed by atoms with Crippen molar-refractivity contribution in [1.82, 2.24) is 0 Å². The normalized spacial score (nSPS) is 12.2. The molecule has 3 nitrogen and oxygen atoms in total. The summed E-state index contributed by atoms with van der Waals surface area (Å²) < 4.78 is 11.5. The van der Waals surface area contributed by atoms with Gasteiger partial charge in [0.1, 0.15) is 5.75 Å². The van der Waals surface area contributed by atoms with Crippen LogP contribution in [0.2, 0.25) is 0 Å². The van der Waals surface area contributed by atoms with Gasteiger partial charge in [-0.1, -0.05) is 37.6 Å². The average Bonchev–Trinajstić information content (AvgIpc) is 2.54. The number of unbranched alkanes of at least 4 members (excludes halogenated alkanes) is 1. The molecule has 2 aromatic carbocycles. The highest BCUT2D eigenvalue weighted by molar-refractivity contribution is 9.10. The van der Waals surface area contributed by atoms with Crippen LogP contribution in [0.25, 0.3) is 10.8 Å². The Morgan fingerprint density at radius 3 is 2.73 bits per heavy atom. The van der Waals surface area contributed by atoms with E-state index in [1.54, 1.807) is 7.11 Å². The largest absolute Gasteiger partial charge is 0.496 e. The molecule has 4 heteroatoms. The van der Waals surface area contributed by atoms with E-state index in [0.717, 1.165) is 39.4 Å². The summed E-state index contributed by atoms with van der Waals surface area (Å²) in [6.45, 7) is 4.46. The molecule has 0 fully saturated rings. The maximum atomic E-state index is 12.1. The zero-order valence-electron chi connectivity index (χ0n) is 13.2. The van der Waals surface area contributed by atoms with E-state index in [4.69, 9.17) is 9.47 Å². The molecule has 0 bridgehead atoms. The molecule has 0 aliphatic rings. The Labute approximate surface area is 139 Å². The molecule has 0 aromatic heterocycles. The van der Waals surface area contributed by atoms with Gasteiger partial charge < -0.3 is 9.47 Å². The third-order valence-corrected chi connectivity index (χ3v) is 4.58. The predicted molar refractivity (Wildman–Crippen MR) is 92.5 cm³/mol. The summed E-state index contributed by atoms with van der Waals surface area (Å²) in [6, 6.07) is 9.93. The topological polar surface area (TPSA) is 35.5 Å². The Hall–Kier alpha value is -1.55. The average molecular weight is 365 g/mol. The van der Waals surface area contributed by atoms with Crippen LogP contribution in [-0.2, 0) is 9.53 Å². The molecule has 0 heterocycles. The summed E-state index contributed by atoms with van der Waals surface area (Å²) in [6.07, 6.45) is 1.93. The van der Waals surface area contributed by atoms with Crippen LogP contribution in [0, 0.1) is 0 Å². The number of benzene rings is 2. The summed E-state index contributed by atoms with van der Waals surface area (Å²) in [5.41, 5.74) is 0.964. The number of carbonyl (C=O) groups is 1. The first-order valence-electron chi connectivity index (χ1n) is 7.51. The Kier molecular flexibility index (Phi) is 5.83. The Balaban J connectivity index is 2.24. The first-order valence-corrected chi connectivity index (χ1v) is 8.30. The minimum absolute atomic E-state index is 0.166. The van der Waals surface area contributed by atoms with Gasteiger partial charge in [-0.05, 0) is 51.7 Å². The number of fused-ring (bicyclic) bond motifs is 1. The van der Waals surface area contributed by atoms with Crippen molar-refractivity contribution in [3.63, 3.8) is 0 Å². The van der Waals surface area contributed by atoms with Gasteiger partial charge in [0, 0.05) is 0 Å². The highest BCUT2D eigenvalue weighted by Crippen LogP contribution is 2.34. The van der Waals surface area contributed by atoms with E-state index in [-0.39, 0.29) is 11.9 Å². The molecule has 0 saturated carbocycles. The number of halogens is 1. The van der Waals surface area contributed by atoms with Gasteiger partial charge in [0.25, 0.3) is 0 Å². The number of rotatable bonds is 6. The van der Waals surface area contributed by atoms with Gasteiger partial charge in [-0.25, -0.2) is 0 Å². The van der Waals surface area contributed by atoms with Gasteiger partial charge >= 0.3 is 5.97 Å². The lowest BCUT2D eigenvalue weighted by Crippen LogP contribution is -2.13. The number of hydrogen-bond donors (Lipinski definition) is 0. The number of esters is 1. The summed E-state index contributed by atoms with van der Waals surface area (Å²) >= 11 is 3.56. The molecule has 0 saturated heterocycles. The molecule has 1 unspecified atom stereocenters. The SMILES string of the molecule is CCCCOC(=O)C(C)c1ccc2c(Br)c(OC)ccc2c1. The van der Waals surface area contributed by atoms with Crippen LogP contribution < -0.4 is 4.74 Å². The number of carbonyl (C=O) groups excluding carboxylic acids is 1. The number of ether oxygens (including phenoxy) is 2. The second-order valence-corrected chi connectivity index (χ2v) is 6.10. The standard InChI is InChI=1S/C18H21BrO3/c1-4-5-10-22-18(20)12(2)13-6-8-15-14(11-13)7-9-16(21-3)17(15)19/h6-9,11-12H,4-5,10H2,1-3H3.